The maximum Gasteiger partial charge on any atom is 0.405 e. The van der Waals surface area contributed by atoms with Crippen LogP contribution in [0.1, 0.15) is 6.42 Å². The average molecular weight is 314 g/mol. The maximum absolute atomic E-state index is 12.1. The molecule has 0 aromatic carbocycles. The Hall–Kier alpha value is -1.99. The summed E-state index contributed by atoms with van der Waals surface area (Å²) in [7, 11) is 0. The van der Waals surface area contributed by atoms with Gasteiger partial charge in [-0.05, 0) is 12.3 Å². The van der Waals surface area contributed by atoms with E-state index in [0.29, 0.717) is 12.5 Å². The second-order valence-electron chi connectivity index (χ2n) is 5.68. The Morgan fingerprint density at radius 3 is 3.00 bits per heavy atom. The first-order chi connectivity index (χ1) is 10.4. The Balaban J connectivity index is 1.63. The molecule has 0 aromatic heterocycles. The Kier molecular flexibility index (Phi) is 3.84. The van der Waals surface area contributed by atoms with Gasteiger partial charge in [-0.2, -0.15) is 13.2 Å². The Bertz CT molecular complexity index is 553. The monoisotopic (exact) mass is 314 g/mol. The fourth-order valence-corrected chi connectivity index (χ4v) is 3.18. The molecule has 1 saturated heterocycles. The minimum Gasteiger partial charge on any atom is -0.380 e. The van der Waals surface area contributed by atoms with Crippen molar-refractivity contribution in [2.24, 2.45) is 22.7 Å². The molecule has 1 amide bonds. The average Bonchev–Trinajstić information content (AvgIpc) is 3.12. The topological polar surface area (TPSA) is 65.5 Å². The molecule has 1 fully saturated rings. The van der Waals surface area contributed by atoms with Crippen LogP contribution >= 0.6 is 0 Å². The van der Waals surface area contributed by atoms with Gasteiger partial charge in [0.2, 0.25) is 0 Å². The van der Waals surface area contributed by atoms with Crippen molar-refractivity contribution in [3.63, 3.8) is 0 Å². The molecule has 0 spiro atoms. The normalized spacial score (nSPS) is 30.0. The van der Waals surface area contributed by atoms with Gasteiger partial charge in [-0.3, -0.25) is 4.79 Å². The van der Waals surface area contributed by atoms with Gasteiger partial charge in [-0.1, -0.05) is 12.2 Å². The number of nitrogens with one attached hydrogen (secondary N) is 3. The number of nitrogens with zero attached hydrogens (tertiary/aromatic N) is 1. The maximum atomic E-state index is 12.1. The van der Waals surface area contributed by atoms with E-state index in [-0.39, 0.29) is 17.5 Å². The zero-order chi connectivity index (χ0) is 15.7. The molecule has 3 rings (SSSR count). The van der Waals surface area contributed by atoms with Gasteiger partial charge in [-0.15, -0.1) is 0 Å². The van der Waals surface area contributed by atoms with Crippen LogP contribution in [0, 0.1) is 17.8 Å². The zero-order valence-electron chi connectivity index (χ0n) is 11.8. The van der Waals surface area contributed by atoms with E-state index in [2.05, 4.69) is 15.6 Å². The molecule has 120 valence electrons. The number of amides is 1. The number of amidine groups is 1. The van der Waals surface area contributed by atoms with Gasteiger partial charge >= 0.3 is 6.18 Å². The summed E-state index contributed by atoms with van der Waals surface area (Å²) in [6.07, 6.45) is 2.09. The van der Waals surface area contributed by atoms with Crippen molar-refractivity contribution in [1.29, 1.82) is 0 Å². The van der Waals surface area contributed by atoms with E-state index in [9.17, 15) is 18.0 Å². The van der Waals surface area contributed by atoms with Gasteiger partial charge in [0.15, 0.2) is 0 Å². The number of hydrogen-bond donors (Lipinski definition) is 3. The standard InChI is InChI=1S/C14H17F3N4O/c15-14(16,17)7-21-13(22)11-5-8(6-20-11)9-1-3-18-12-10(9)2-4-19-12/h1,3,5,8-10,20H,2,4,6-7H2,(H,18,19)(H,21,22). The quantitative estimate of drug-likeness (QED) is 0.726. The van der Waals surface area contributed by atoms with E-state index < -0.39 is 18.6 Å². The van der Waals surface area contributed by atoms with Crippen molar-refractivity contribution in [3.05, 3.63) is 24.0 Å². The third kappa shape index (κ3) is 3.10. The Labute approximate surface area is 125 Å². The molecule has 0 bridgehead atoms. The highest BCUT2D eigenvalue weighted by Crippen LogP contribution is 2.34. The van der Waals surface area contributed by atoms with E-state index in [1.165, 1.54) is 0 Å². The summed E-state index contributed by atoms with van der Waals surface area (Å²) >= 11 is 0. The summed E-state index contributed by atoms with van der Waals surface area (Å²) in [5.41, 5.74) is 0.220. The lowest BCUT2D eigenvalue weighted by molar-refractivity contribution is -0.136. The number of carbonyl (C=O) groups is 1. The fourth-order valence-electron chi connectivity index (χ4n) is 3.18. The van der Waals surface area contributed by atoms with Crippen molar-refractivity contribution < 1.29 is 18.0 Å². The lowest BCUT2D eigenvalue weighted by Gasteiger charge is -2.26. The summed E-state index contributed by atoms with van der Waals surface area (Å²) in [6, 6.07) is 0. The summed E-state index contributed by atoms with van der Waals surface area (Å²) in [6.45, 7) is 0.111. The number of carbonyl (C=O) groups excluding carboxylic acids is 1. The first kappa shape index (κ1) is 14.9. The van der Waals surface area contributed by atoms with Gasteiger partial charge in [0.1, 0.15) is 12.4 Å². The van der Waals surface area contributed by atoms with Gasteiger partial charge in [0.25, 0.3) is 5.91 Å². The van der Waals surface area contributed by atoms with Crippen LogP contribution in [-0.2, 0) is 4.79 Å². The molecule has 3 N–H and O–H groups in total. The molecule has 3 aliphatic rings. The Morgan fingerprint density at radius 2 is 2.23 bits per heavy atom. The van der Waals surface area contributed by atoms with E-state index in [1.54, 1.807) is 12.3 Å². The van der Waals surface area contributed by atoms with Crippen LogP contribution in [0.2, 0.25) is 0 Å². The largest absolute Gasteiger partial charge is 0.405 e. The van der Waals surface area contributed by atoms with Crippen LogP contribution in [0.4, 0.5) is 13.2 Å². The van der Waals surface area contributed by atoms with Gasteiger partial charge in [-0.25, -0.2) is 4.99 Å². The van der Waals surface area contributed by atoms with Crippen LogP contribution < -0.4 is 16.0 Å². The van der Waals surface area contributed by atoms with Crippen LogP contribution in [0.15, 0.2) is 29.0 Å². The minimum absolute atomic E-state index is 0.0817. The fraction of sp³-hybridized carbons (Fsp3) is 0.571. The molecule has 8 heteroatoms. The SMILES string of the molecule is O=C(NCC(F)(F)F)C1=CC(C2C=CN=C3NCCC32)CN1. The summed E-state index contributed by atoms with van der Waals surface area (Å²) in [5.74, 6) is 0.848. The number of alkyl halides is 3. The number of aliphatic imine (C=N–C) groups is 1. The molecule has 0 aromatic rings. The number of allylic oxidation sites excluding steroid dienone is 1. The number of fused-ring (bicyclic) bond motifs is 1. The molecule has 3 heterocycles. The predicted octanol–water partition coefficient (Wildman–Crippen LogP) is 0.920. The lowest BCUT2D eigenvalue weighted by Crippen LogP contribution is -2.37. The molecule has 3 aliphatic heterocycles. The zero-order valence-corrected chi connectivity index (χ0v) is 11.8. The van der Waals surface area contributed by atoms with Crippen LogP contribution in [0.25, 0.3) is 0 Å². The highest BCUT2D eigenvalue weighted by atomic mass is 19.4. The molecule has 3 unspecified atom stereocenters. The minimum atomic E-state index is -4.40. The molecule has 5 nitrogen and oxygen atoms in total. The first-order valence-electron chi connectivity index (χ1n) is 7.23. The number of rotatable bonds is 3. The second kappa shape index (κ2) is 5.66. The van der Waals surface area contributed by atoms with Crippen molar-refractivity contribution in [2.75, 3.05) is 19.6 Å². The highest BCUT2D eigenvalue weighted by Gasteiger charge is 2.37. The van der Waals surface area contributed by atoms with Crippen LogP contribution in [0.3, 0.4) is 0 Å². The molecule has 0 saturated carbocycles. The van der Waals surface area contributed by atoms with E-state index in [1.807, 2.05) is 11.4 Å². The van der Waals surface area contributed by atoms with Crippen molar-refractivity contribution >= 4 is 11.7 Å². The van der Waals surface area contributed by atoms with Gasteiger partial charge in [0, 0.05) is 31.1 Å². The second-order valence-corrected chi connectivity index (χ2v) is 5.68. The third-order valence-electron chi connectivity index (χ3n) is 4.20. The lowest BCUT2D eigenvalue weighted by atomic mass is 9.80. The molecule has 0 aliphatic carbocycles. The van der Waals surface area contributed by atoms with E-state index in [0.717, 1.165) is 18.8 Å². The number of halogens is 3. The highest BCUT2D eigenvalue weighted by molar-refractivity contribution is 5.93. The molecular formula is C14H17F3N4O. The molecule has 3 atom stereocenters. The molecular weight excluding hydrogens is 297 g/mol. The summed E-state index contributed by atoms with van der Waals surface area (Å²) in [4.78, 5) is 16.1. The van der Waals surface area contributed by atoms with E-state index in [4.69, 9.17) is 0 Å². The van der Waals surface area contributed by atoms with Crippen LogP contribution in [-0.4, -0.2) is 37.6 Å². The van der Waals surface area contributed by atoms with E-state index >= 15 is 0 Å². The van der Waals surface area contributed by atoms with Crippen LogP contribution in [0.5, 0.6) is 0 Å². The van der Waals surface area contributed by atoms with Crippen molar-refractivity contribution in [1.82, 2.24) is 16.0 Å². The Morgan fingerprint density at radius 1 is 1.41 bits per heavy atom. The molecule has 22 heavy (non-hydrogen) atoms. The first-order valence-corrected chi connectivity index (χ1v) is 7.23. The van der Waals surface area contributed by atoms with Crippen molar-refractivity contribution in [3.8, 4) is 0 Å². The smallest absolute Gasteiger partial charge is 0.380 e. The summed E-state index contributed by atoms with van der Waals surface area (Å²) in [5, 5.41) is 8.03. The van der Waals surface area contributed by atoms with Crippen molar-refractivity contribution in [2.45, 2.75) is 12.6 Å². The van der Waals surface area contributed by atoms with Gasteiger partial charge < -0.3 is 16.0 Å². The number of hydrogen-bond acceptors (Lipinski definition) is 4. The predicted molar refractivity (Wildman–Crippen MR) is 74.8 cm³/mol. The van der Waals surface area contributed by atoms with Gasteiger partial charge in [0.05, 0.1) is 5.70 Å². The third-order valence-corrected chi connectivity index (χ3v) is 4.20. The molecule has 0 radical (unpaired) electrons. The summed E-state index contributed by atoms with van der Waals surface area (Å²) < 4.78 is 36.4.